The number of rotatable bonds is 13. The number of amides is 1. The van der Waals surface area contributed by atoms with E-state index in [1.54, 1.807) is 30.6 Å². The molecular formula is C34H36F3N9O3. The molecule has 3 heterocycles. The average Bonchev–Trinajstić information content (AvgIpc) is 3.56. The third-order valence-electron chi connectivity index (χ3n) is 7.99. The van der Waals surface area contributed by atoms with Crippen LogP contribution in [-0.2, 0) is 22.2 Å². The van der Waals surface area contributed by atoms with E-state index >= 15 is 0 Å². The van der Waals surface area contributed by atoms with Gasteiger partial charge in [-0.3, -0.25) is 19.7 Å². The summed E-state index contributed by atoms with van der Waals surface area (Å²) in [5.74, 6) is 5.58. The lowest BCUT2D eigenvalue weighted by atomic mass is 10.0. The number of anilines is 1. The number of ether oxygens (including phenoxy) is 2. The molecule has 0 atom stereocenters. The second-order valence-electron chi connectivity index (χ2n) is 11.4. The zero-order valence-electron chi connectivity index (χ0n) is 27.0. The van der Waals surface area contributed by atoms with Crippen LogP contribution < -0.4 is 5.32 Å². The average molecular weight is 676 g/mol. The molecule has 5 rings (SSSR count). The minimum Gasteiger partial charge on any atom is -0.379 e. The Hall–Kier alpha value is -4.97. The number of azide groups is 1. The van der Waals surface area contributed by atoms with E-state index in [-0.39, 0.29) is 29.9 Å². The largest absolute Gasteiger partial charge is 0.416 e. The van der Waals surface area contributed by atoms with Crippen LogP contribution in [0.4, 0.5) is 18.9 Å². The fraction of sp³-hybridized carbons (Fsp3) is 0.382. The van der Waals surface area contributed by atoms with Crippen LogP contribution in [0.3, 0.4) is 0 Å². The first kappa shape index (κ1) is 35.3. The van der Waals surface area contributed by atoms with Gasteiger partial charge in [-0.15, -0.1) is 0 Å². The lowest BCUT2D eigenvalue weighted by Gasteiger charge is -2.35. The fourth-order valence-corrected chi connectivity index (χ4v) is 5.28. The van der Waals surface area contributed by atoms with Crippen molar-refractivity contribution in [2.45, 2.75) is 19.6 Å². The summed E-state index contributed by atoms with van der Waals surface area (Å²) in [6.45, 7) is 7.35. The van der Waals surface area contributed by atoms with Crippen molar-refractivity contribution in [2.24, 2.45) is 5.11 Å². The lowest BCUT2D eigenvalue weighted by molar-refractivity contribution is -0.138. The van der Waals surface area contributed by atoms with Crippen molar-refractivity contribution in [1.82, 2.24) is 25.0 Å². The zero-order chi connectivity index (χ0) is 34.6. The van der Waals surface area contributed by atoms with Crippen molar-refractivity contribution in [3.05, 3.63) is 98.7 Å². The van der Waals surface area contributed by atoms with Crippen molar-refractivity contribution < 1.29 is 27.4 Å². The SMILES string of the molecule is Cc1ccc(C(=O)Nc2ccc(CN3CCN(CCOCCOCCN=[N+]=[N-])CC3)c(C(F)(F)F)c2)cc1C#Cc1cnc2[nH]ncc2c1. The summed E-state index contributed by atoms with van der Waals surface area (Å²) in [5.41, 5.74) is 10.7. The number of nitrogens with zero attached hydrogens (tertiary/aromatic N) is 7. The van der Waals surface area contributed by atoms with Gasteiger partial charge in [-0.2, -0.15) is 18.3 Å². The van der Waals surface area contributed by atoms with Gasteiger partial charge in [0.25, 0.3) is 5.91 Å². The molecule has 1 amide bonds. The van der Waals surface area contributed by atoms with Gasteiger partial charge in [0.1, 0.15) is 0 Å². The highest BCUT2D eigenvalue weighted by Gasteiger charge is 2.34. The van der Waals surface area contributed by atoms with Crippen molar-refractivity contribution in [1.29, 1.82) is 0 Å². The number of carbonyl (C=O) groups excluding carboxylic acids is 1. The second kappa shape index (κ2) is 16.9. The third kappa shape index (κ3) is 10.3. The van der Waals surface area contributed by atoms with Crippen LogP contribution in [0.25, 0.3) is 21.5 Å². The molecule has 0 aliphatic carbocycles. The van der Waals surface area contributed by atoms with Crippen LogP contribution >= 0.6 is 0 Å². The number of carbonyl (C=O) groups is 1. The quantitative estimate of drug-likeness (QED) is 0.0635. The van der Waals surface area contributed by atoms with Crippen LogP contribution in [0.5, 0.6) is 0 Å². The molecule has 4 aromatic rings. The van der Waals surface area contributed by atoms with Crippen LogP contribution in [0.15, 0.2) is 60.0 Å². The van der Waals surface area contributed by atoms with E-state index in [1.807, 2.05) is 17.9 Å². The normalized spacial score (nSPS) is 13.9. The van der Waals surface area contributed by atoms with E-state index in [1.165, 1.54) is 12.1 Å². The van der Waals surface area contributed by atoms with Crippen molar-refractivity contribution in [3.63, 3.8) is 0 Å². The molecule has 2 aromatic heterocycles. The Labute approximate surface area is 281 Å². The summed E-state index contributed by atoms with van der Waals surface area (Å²) in [6.07, 6.45) is -1.32. The maximum Gasteiger partial charge on any atom is 0.416 e. The van der Waals surface area contributed by atoms with Crippen molar-refractivity contribution in [2.75, 3.05) is 71.0 Å². The highest BCUT2D eigenvalue weighted by Crippen LogP contribution is 2.35. The van der Waals surface area contributed by atoms with E-state index in [9.17, 15) is 18.0 Å². The number of alkyl halides is 3. The molecule has 0 bridgehead atoms. The Kier molecular flexibility index (Phi) is 12.2. The number of benzene rings is 2. The summed E-state index contributed by atoms with van der Waals surface area (Å²) in [5, 5.41) is 13.6. The number of hydrogen-bond donors (Lipinski definition) is 2. The van der Waals surface area contributed by atoms with Gasteiger partial charge in [-0.1, -0.05) is 29.1 Å². The molecule has 0 unspecified atom stereocenters. The molecule has 256 valence electrons. The number of H-pyrrole nitrogens is 1. The van der Waals surface area contributed by atoms with E-state index in [2.05, 4.69) is 47.3 Å². The molecular weight excluding hydrogens is 639 g/mol. The van der Waals surface area contributed by atoms with E-state index in [0.29, 0.717) is 75.9 Å². The van der Waals surface area contributed by atoms with Crippen LogP contribution in [0.1, 0.15) is 38.2 Å². The van der Waals surface area contributed by atoms with E-state index in [0.717, 1.165) is 17.0 Å². The Bertz CT molecular complexity index is 1850. The van der Waals surface area contributed by atoms with Crippen LogP contribution in [0.2, 0.25) is 0 Å². The number of halogens is 3. The smallest absolute Gasteiger partial charge is 0.379 e. The molecule has 1 fully saturated rings. The predicted octanol–water partition coefficient (Wildman–Crippen LogP) is 5.40. The number of pyridine rings is 1. The second-order valence-corrected chi connectivity index (χ2v) is 11.4. The van der Waals surface area contributed by atoms with Gasteiger partial charge in [-0.25, -0.2) is 4.98 Å². The van der Waals surface area contributed by atoms with Crippen LogP contribution in [0, 0.1) is 18.8 Å². The topological polar surface area (TPSA) is 144 Å². The minimum absolute atomic E-state index is 0.0552. The van der Waals surface area contributed by atoms with Gasteiger partial charge >= 0.3 is 6.18 Å². The van der Waals surface area contributed by atoms with Gasteiger partial charge in [-0.05, 0) is 53.9 Å². The highest BCUT2D eigenvalue weighted by atomic mass is 19.4. The Balaban J connectivity index is 1.14. The maximum atomic E-state index is 14.2. The van der Waals surface area contributed by atoms with Gasteiger partial charge in [0.2, 0.25) is 0 Å². The Morgan fingerprint density at radius 2 is 1.80 bits per heavy atom. The van der Waals surface area contributed by atoms with Gasteiger partial charge in [0, 0.05) is 84.7 Å². The number of piperazine rings is 1. The van der Waals surface area contributed by atoms with Gasteiger partial charge < -0.3 is 14.8 Å². The van der Waals surface area contributed by atoms with E-state index in [4.69, 9.17) is 15.0 Å². The number of nitrogens with one attached hydrogen (secondary N) is 2. The number of hydrogen-bond acceptors (Lipinski definition) is 8. The minimum atomic E-state index is -4.59. The molecule has 15 heteroatoms. The standard InChI is InChI=1S/C34H36F3N9O3/c1-24-2-4-27(19-26(24)5-3-25-18-29-22-41-43-32(29)39-21-25)33(47)42-30-7-6-28(31(20-30)34(35,36)37)23-46-11-9-45(10-12-46)13-15-49-17-16-48-14-8-40-44-38/h2,4,6-7,18-22H,8-17,23H2,1H3,(H,42,47)(H,39,41,43). The zero-order valence-corrected chi connectivity index (χ0v) is 27.0. The fourth-order valence-electron chi connectivity index (χ4n) is 5.28. The van der Waals surface area contributed by atoms with Crippen molar-refractivity contribution >= 4 is 22.6 Å². The molecule has 12 nitrogen and oxygen atoms in total. The maximum absolute atomic E-state index is 14.2. The first-order valence-electron chi connectivity index (χ1n) is 15.7. The summed E-state index contributed by atoms with van der Waals surface area (Å²) in [6, 6.07) is 10.8. The molecule has 2 aromatic carbocycles. The molecule has 1 saturated heterocycles. The molecule has 0 radical (unpaired) electrons. The summed E-state index contributed by atoms with van der Waals surface area (Å²) >= 11 is 0. The van der Waals surface area contributed by atoms with Gasteiger partial charge in [0.15, 0.2) is 5.65 Å². The summed E-state index contributed by atoms with van der Waals surface area (Å²) < 4.78 is 53.5. The van der Waals surface area contributed by atoms with Crippen molar-refractivity contribution in [3.8, 4) is 11.8 Å². The molecule has 0 saturated carbocycles. The third-order valence-corrected chi connectivity index (χ3v) is 7.99. The first-order valence-corrected chi connectivity index (χ1v) is 15.7. The number of aromatic nitrogens is 3. The molecule has 49 heavy (non-hydrogen) atoms. The number of fused-ring (bicyclic) bond motifs is 1. The molecule has 1 aliphatic rings. The van der Waals surface area contributed by atoms with Gasteiger partial charge in [0.05, 0.1) is 38.2 Å². The van der Waals surface area contributed by atoms with E-state index < -0.39 is 17.6 Å². The molecule has 2 N–H and O–H groups in total. The number of aromatic amines is 1. The Morgan fingerprint density at radius 3 is 2.57 bits per heavy atom. The lowest BCUT2D eigenvalue weighted by Crippen LogP contribution is -2.47. The monoisotopic (exact) mass is 675 g/mol. The Morgan fingerprint density at radius 1 is 1.02 bits per heavy atom. The first-order chi connectivity index (χ1) is 23.7. The number of aryl methyl sites for hydroxylation is 1. The van der Waals surface area contributed by atoms with Crippen LogP contribution in [-0.4, -0.2) is 96.6 Å². The highest BCUT2D eigenvalue weighted by molar-refractivity contribution is 6.04. The summed E-state index contributed by atoms with van der Waals surface area (Å²) in [7, 11) is 0. The predicted molar refractivity (Wildman–Crippen MR) is 178 cm³/mol. The molecule has 1 aliphatic heterocycles. The summed E-state index contributed by atoms with van der Waals surface area (Å²) in [4.78, 5) is 24.3. The molecule has 0 spiro atoms.